The summed E-state index contributed by atoms with van der Waals surface area (Å²) < 4.78 is 5.39. The van der Waals surface area contributed by atoms with Crippen LogP contribution in [-0.2, 0) is 4.74 Å². The van der Waals surface area contributed by atoms with Gasteiger partial charge in [-0.05, 0) is 47.5 Å². The van der Waals surface area contributed by atoms with Crippen LogP contribution in [0.4, 0.5) is 4.79 Å². The predicted octanol–water partition coefficient (Wildman–Crippen LogP) is 6.77. The quantitative estimate of drug-likeness (QED) is 0.315. The summed E-state index contributed by atoms with van der Waals surface area (Å²) in [7, 11) is 0. The summed E-state index contributed by atoms with van der Waals surface area (Å²) in [5, 5.41) is 3.04. The number of alkyl carbamates (subject to hydrolysis) is 1. The number of hydrogen-bond donors (Lipinski definition) is 1. The van der Waals surface area contributed by atoms with Gasteiger partial charge in [0.05, 0.1) is 0 Å². The van der Waals surface area contributed by atoms with Crippen molar-refractivity contribution in [3.05, 3.63) is 11.6 Å². The van der Waals surface area contributed by atoms with Crippen molar-refractivity contribution in [1.82, 2.24) is 5.32 Å². The normalized spacial score (nSPS) is 12.6. The van der Waals surface area contributed by atoms with Crippen molar-refractivity contribution in [2.45, 2.75) is 117 Å². The van der Waals surface area contributed by atoms with E-state index in [9.17, 15) is 4.79 Å². The fourth-order valence-electron chi connectivity index (χ4n) is 2.63. The highest BCUT2D eigenvalue weighted by Gasteiger charge is 2.18. The first kappa shape index (κ1) is 23.0. The predicted molar refractivity (Wildman–Crippen MR) is 104 cm³/mol. The molecule has 0 fully saturated rings. The van der Waals surface area contributed by atoms with Gasteiger partial charge in [-0.25, -0.2) is 4.79 Å². The molecule has 0 saturated carbocycles. The maximum Gasteiger partial charge on any atom is 0.407 e. The molecule has 1 amide bonds. The van der Waals surface area contributed by atoms with E-state index in [4.69, 9.17) is 4.74 Å². The van der Waals surface area contributed by atoms with Gasteiger partial charge in [0, 0.05) is 6.04 Å². The third-order valence-corrected chi connectivity index (χ3v) is 3.94. The fraction of sp³-hybridized carbons (Fsp3) is 0.857. The molecule has 0 aliphatic rings. The van der Waals surface area contributed by atoms with Gasteiger partial charge in [0.25, 0.3) is 0 Å². The van der Waals surface area contributed by atoms with Gasteiger partial charge in [0.1, 0.15) is 5.60 Å². The summed E-state index contributed by atoms with van der Waals surface area (Å²) >= 11 is 0. The summed E-state index contributed by atoms with van der Waals surface area (Å²) in [6, 6.07) is 0.176. The minimum absolute atomic E-state index is 0.176. The SMILES string of the molecule is CCCCCCCCCCC(CC=C(C)C)NC(=O)OC(C)(C)C. The van der Waals surface area contributed by atoms with Crippen molar-refractivity contribution < 1.29 is 9.53 Å². The topological polar surface area (TPSA) is 38.3 Å². The van der Waals surface area contributed by atoms with E-state index in [0.717, 1.165) is 12.8 Å². The van der Waals surface area contributed by atoms with E-state index in [2.05, 4.69) is 32.2 Å². The van der Waals surface area contributed by atoms with Gasteiger partial charge in [-0.15, -0.1) is 0 Å². The number of carbonyl (C=O) groups is 1. The van der Waals surface area contributed by atoms with Gasteiger partial charge in [-0.3, -0.25) is 0 Å². The molecule has 0 aliphatic heterocycles. The highest BCUT2D eigenvalue weighted by Crippen LogP contribution is 2.14. The Balaban J connectivity index is 4.09. The van der Waals surface area contributed by atoms with Crippen molar-refractivity contribution in [3.8, 4) is 0 Å². The molecule has 0 bridgehead atoms. The van der Waals surface area contributed by atoms with E-state index in [1.165, 1.54) is 56.9 Å². The second kappa shape index (κ2) is 13.3. The molecule has 0 heterocycles. The van der Waals surface area contributed by atoms with E-state index < -0.39 is 5.60 Å². The van der Waals surface area contributed by atoms with E-state index >= 15 is 0 Å². The molecule has 0 rings (SSSR count). The molecule has 1 atom stereocenters. The van der Waals surface area contributed by atoms with Gasteiger partial charge in [0.15, 0.2) is 0 Å². The second-order valence-corrected chi connectivity index (χ2v) is 8.12. The molecule has 0 saturated heterocycles. The standard InChI is InChI=1S/C21H41NO2/c1-7-8-9-10-11-12-13-14-15-19(17-16-18(2)3)22-20(23)24-21(4,5)6/h16,19H,7-15,17H2,1-6H3,(H,22,23). The van der Waals surface area contributed by atoms with E-state index in [1.54, 1.807) is 0 Å². The molecule has 0 aromatic carbocycles. The van der Waals surface area contributed by atoms with Crippen molar-refractivity contribution in [3.63, 3.8) is 0 Å². The Morgan fingerprint density at radius 2 is 1.54 bits per heavy atom. The molecule has 24 heavy (non-hydrogen) atoms. The van der Waals surface area contributed by atoms with Gasteiger partial charge < -0.3 is 10.1 Å². The molecule has 3 nitrogen and oxygen atoms in total. The average Bonchev–Trinajstić information content (AvgIpc) is 2.45. The lowest BCUT2D eigenvalue weighted by molar-refractivity contribution is 0.0501. The molecule has 3 heteroatoms. The van der Waals surface area contributed by atoms with Crippen molar-refractivity contribution >= 4 is 6.09 Å². The molecule has 0 aromatic heterocycles. The fourth-order valence-corrected chi connectivity index (χ4v) is 2.63. The Bertz CT molecular complexity index is 351. The Morgan fingerprint density at radius 1 is 1.00 bits per heavy atom. The summed E-state index contributed by atoms with van der Waals surface area (Å²) in [5.41, 5.74) is 0.853. The first-order chi connectivity index (χ1) is 11.2. The third kappa shape index (κ3) is 15.9. The van der Waals surface area contributed by atoms with Crippen LogP contribution in [0.1, 0.15) is 106 Å². The smallest absolute Gasteiger partial charge is 0.407 e. The monoisotopic (exact) mass is 339 g/mol. The number of ether oxygens (including phenoxy) is 1. The highest BCUT2D eigenvalue weighted by molar-refractivity contribution is 5.68. The molecule has 142 valence electrons. The molecule has 0 aliphatic carbocycles. The zero-order valence-corrected chi connectivity index (χ0v) is 17.0. The lowest BCUT2D eigenvalue weighted by atomic mass is 10.0. The highest BCUT2D eigenvalue weighted by atomic mass is 16.6. The number of unbranched alkanes of at least 4 members (excludes halogenated alkanes) is 7. The number of nitrogens with one attached hydrogen (secondary N) is 1. The first-order valence-corrected chi connectivity index (χ1v) is 9.87. The lowest BCUT2D eigenvalue weighted by Gasteiger charge is -2.23. The van der Waals surface area contributed by atoms with Crippen LogP contribution in [0.5, 0.6) is 0 Å². The van der Waals surface area contributed by atoms with Crippen LogP contribution in [0.3, 0.4) is 0 Å². The van der Waals surface area contributed by atoms with E-state index in [-0.39, 0.29) is 12.1 Å². The number of allylic oxidation sites excluding steroid dienone is 1. The zero-order valence-electron chi connectivity index (χ0n) is 17.0. The number of hydrogen-bond acceptors (Lipinski definition) is 2. The molecule has 0 aromatic rings. The van der Waals surface area contributed by atoms with Crippen molar-refractivity contribution in [2.24, 2.45) is 0 Å². The van der Waals surface area contributed by atoms with Crippen LogP contribution in [-0.4, -0.2) is 17.7 Å². The lowest BCUT2D eigenvalue weighted by Crippen LogP contribution is -2.39. The van der Waals surface area contributed by atoms with Gasteiger partial charge in [-0.2, -0.15) is 0 Å². The van der Waals surface area contributed by atoms with Crippen molar-refractivity contribution in [2.75, 3.05) is 0 Å². The Hall–Kier alpha value is -0.990. The van der Waals surface area contributed by atoms with Crippen LogP contribution in [0, 0.1) is 0 Å². The van der Waals surface area contributed by atoms with Crippen LogP contribution in [0.25, 0.3) is 0 Å². The summed E-state index contributed by atoms with van der Waals surface area (Å²) in [5.74, 6) is 0. The van der Waals surface area contributed by atoms with Crippen LogP contribution < -0.4 is 5.32 Å². The molecular weight excluding hydrogens is 298 g/mol. The Morgan fingerprint density at radius 3 is 2.04 bits per heavy atom. The first-order valence-electron chi connectivity index (χ1n) is 9.87. The van der Waals surface area contributed by atoms with Gasteiger partial charge >= 0.3 is 6.09 Å². The van der Waals surface area contributed by atoms with E-state index in [0.29, 0.717) is 0 Å². The third-order valence-electron chi connectivity index (χ3n) is 3.94. The summed E-state index contributed by atoms with van der Waals surface area (Å²) in [6.07, 6.45) is 14.3. The molecule has 0 spiro atoms. The van der Waals surface area contributed by atoms with E-state index in [1.807, 2.05) is 20.8 Å². The summed E-state index contributed by atoms with van der Waals surface area (Å²) in [4.78, 5) is 12.0. The maximum atomic E-state index is 12.0. The average molecular weight is 340 g/mol. The molecule has 0 radical (unpaired) electrons. The molecule has 1 unspecified atom stereocenters. The minimum Gasteiger partial charge on any atom is -0.444 e. The van der Waals surface area contributed by atoms with Gasteiger partial charge in [-0.1, -0.05) is 69.9 Å². The Labute approximate surface area is 150 Å². The van der Waals surface area contributed by atoms with Crippen LogP contribution in [0.2, 0.25) is 0 Å². The molecular formula is C21H41NO2. The van der Waals surface area contributed by atoms with Crippen LogP contribution in [0.15, 0.2) is 11.6 Å². The number of rotatable bonds is 12. The maximum absolute atomic E-state index is 12.0. The van der Waals surface area contributed by atoms with Crippen LogP contribution >= 0.6 is 0 Å². The Kier molecular flexibility index (Phi) is 12.8. The minimum atomic E-state index is -0.441. The zero-order chi connectivity index (χ0) is 18.4. The van der Waals surface area contributed by atoms with Crippen molar-refractivity contribution in [1.29, 1.82) is 0 Å². The number of carbonyl (C=O) groups excluding carboxylic acids is 1. The second-order valence-electron chi connectivity index (χ2n) is 8.12. The molecule has 1 N–H and O–H groups in total. The van der Waals surface area contributed by atoms with Gasteiger partial charge in [0.2, 0.25) is 0 Å². The summed E-state index contributed by atoms with van der Waals surface area (Å²) in [6.45, 7) is 12.1. The number of amides is 1. The largest absolute Gasteiger partial charge is 0.444 e.